The van der Waals surface area contributed by atoms with Crippen LogP contribution in [0, 0.1) is 5.92 Å². The molecule has 1 atom stereocenters. The number of carboxylic acids is 1. The summed E-state index contributed by atoms with van der Waals surface area (Å²) in [4.78, 5) is 11.2. The normalized spacial score (nSPS) is 14.7. The summed E-state index contributed by atoms with van der Waals surface area (Å²) >= 11 is 0. The van der Waals surface area contributed by atoms with Gasteiger partial charge in [0.1, 0.15) is 5.54 Å². The maximum absolute atomic E-state index is 11.2. The van der Waals surface area contributed by atoms with E-state index in [-0.39, 0.29) is 5.92 Å². The van der Waals surface area contributed by atoms with Crippen LogP contribution >= 0.6 is 0 Å². The van der Waals surface area contributed by atoms with E-state index in [1.165, 1.54) is 0 Å². The van der Waals surface area contributed by atoms with Gasteiger partial charge < -0.3 is 10.4 Å². The first-order valence-corrected chi connectivity index (χ1v) is 5.03. The van der Waals surface area contributed by atoms with Gasteiger partial charge >= 0.3 is 5.97 Å². The Morgan fingerprint density at radius 3 is 2.27 bits per heavy atom. The standard InChI is InChI=1S/C12H17NO2/c1-9(2)12(3,11(14)15)13-10-7-5-4-6-8-10/h4-9,13H,1-3H3,(H,14,15). The molecule has 0 aliphatic heterocycles. The number of hydrogen-bond acceptors (Lipinski definition) is 2. The van der Waals surface area contributed by atoms with Gasteiger partial charge in [0.2, 0.25) is 0 Å². The molecule has 2 N–H and O–H groups in total. The van der Waals surface area contributed by atoms with E-state index in [0.717, 1.165) is 5.69 Å². The van der Waals surface area contributed by atoms with E-state index < -0.39 is 11.5 Å². The highest BCUT2D eigenvalue weighted by molar-refractivity contribution is 5.82. The lowest BCUT2D eigenvalue weighted by atomic mass is 9.88. The van der Waals surface area contributed by atoms with Crippen molar-refractivity contribution in [2.75, 3.05) is 5.32 Å². The fraction of sp³-hybridized carbons (Fsp3) is 0.417. The summed E-state index contributed by atoms with van der Waals surface area (Å²) in [6.07, 6.45) is 0. The predicted octanol–water partition coefficient (Wildman–Crippen LogP) is 2.60. The Morgan fingerprint density at radius 2 is 1.87 bits per heavy atom. The van der Waals surface area contributed by atoms with Crippen molar-refractivity contribution in [2.24, 2.45) is 5.92 Å². The molecule has 1 rings (SSSR count). The van der Waals surface area contributed by atoms with Crippen LogP contribution in [0.2, 0.25) is 0 Å². The van der Waals surface area contributed by atoms with Crippen molar-refractivity contribution in [3.63, 3.8) is 0 Å². The molecule has 0 aliphatic carbocycles. The fourth-order valence-electron chi connectivity index (χ4n) is 1.27. The van der Waals surface area contributed by atoms with Crippen LogP contribution in [0.3, 0.4) is 0 Å². The van der Waals surface area contributed by atoms with Crippen LogP contribution in [0.15, 0.2) is 30.3 Å². The molecule has 0 aromatic heterocycles. The average molecular weight is 207 g/mol. The Kier molecular flexibility index (Phi) is 3.35. The van der Waals surface area contributed by atoms with Crippen LogP contribution in [0.25, 0.3) is 0 Å². The number of benzene rings is 1. The minimum absolute atomic E-state index is 0.00945. The van der Waals surface area contributed by atoms with Crippen LogP contribution in [0.1, 0.15) is 20.8 Å². The van der Waals surface area contributed by atoms with Gasteiger partial charge in [0.25, 0.3) is 0 Å². The van der Waals surface area contributed by atoms with Crippen molar-refractivity contribution >= 4 is 11.7 Å². The molecule has 82 valence electrons. The molecule has 15 heavy (non-hydrogen) atoms. The first-order valence-electron chi connectivity index (χ1n) is 5.03. The van der Waals surface area contributed by atoms with Crippen molar-refractivity contribution in [1.29, 1.82) is 0 Å². The van der Waals surface area contributed by atoms with Gasteiger partial charge in [-0.2, -0.15) is 0 Å². The van der Waals surface area contributed by atoms with E-state index in [9.17, 15) is 9.90 Å². The zero-order valence-electron chi connectivity index (χ0n) is 9.32. The van der Waals surface area contributed by atoms with E-state index >= 15 is 0 Å². The van der Waals surface area contributed by atoms with Gasteiger partial charge in [-0.15, -0.1) is 0 Å². The summed E-state index contributed by atoms with van der Waals surface area (Å²) in [5, 5.41) is 12.3. The Bertz CT molecular complexity index is 335. The lowest BCUT2D eigenvalue weighted by Gasteiger charge is -2.31. The zero-order chi connectivity index (χ0) is 11.5. The Labute approximate surface area is 90.1 Å². The van der Waals surface area contributed by atoms with Gasteiger partial charge in [0.15, 0.2) is 0 Å². The maximum Gasteiger partial charge on any atom is 0.329 e. The second-order valence-corrected chi connectivity index (χ2v) is 4.15. The summed E-state index contributed by atoms with van der Waals surface area (Å²) in [5.74, 6) is -0.823. The molecule has 1 aromatic carbocycles. The number of anilines is 1. The Balaban J connectivity index is 2.90. The van der Waals surface area contributed by atoms with Gasteiger partial charge in [0, 0.05) is 5.69 Å². The number of carboxylic acid groups (broad SMARTS) is 1. The Morgan fingerprint density at radius 1 is 1.33 bits per heavy atom. The van der Waals surface area contributed by atoms with E-state index in [1.807, 2.05) is 44.2 Å². The summed E-state index contributed by atoms with van der Waals surface area (Å²) in [6.45, 7) is 5.49. The molecule has 0 spiro atoms. The fourth-order valence-corrected chi connectivity index (χ4v) is 1.27. The van der Waals surface area contributed by atoms with Crippen molar-refractivity contribution in [3.05, 3.63) is 30.3 Å². The van der Waals surface area contributed by atoms with Crippen LogP contribution in [-0.2, 0) is 4.79 Å². The van der Waals surface area contributed by atoms with Gasteiger partial charge in [0.05, 0.1) is 0 Å². The molecule has 0 saturated heterocycles. The van der Waals surface area contributed by atoms with E-state index in [0.29, 0.717) is 0 Å². The lowest BCUT2D eigenvalue weighted by molar-refractivity contribution is -0.143. The third-order valence-corrected chi connectivity index (χ3v) is 2.78. The lowest BCUT2D eigenvalue weighted by Crippen LogP contribution is -2.48. The molecule has 0 aliphatic rings. The summed E-state index contributed by atoms with van der Waals surface area (Å²) in [7, 11) is 0. The van der Waals surface area contributed by atoms with Gasteiger partial charge in [-0.25, -0.2) is 4.79 Å². The second kappa shape index (κ2) is 4.34. The van der Waals surface area contributed by atoms with Crippen molar-refractivity contribution < 1.29 is 9.90 Å². The van der Waals surface area contributed by atoms with Crippen molar-refractivity contribution in [1.82, 2.24) is 0 Å². The number of aliphatic carboxylic acids is 1. The third-order valence-electron chi connectivity index (χ3n) is 2.78. The first-order chi connectivity index (χ1) is 6.97. The van der Waals surface area contributed by atoms with Gasteiger partial charge in [-0.1, -0.05) is 32.0 Å². The molecule has 0 fully saturated rings. The maximum atomic E-state index is 11.2. The highest BCUT2D eigenvalue weighted by Crippen LogP contribution is 2.22. The van der Waals surface area contributed by atoms with Crippen LogP contribution in [0.5, 0.6) is 0 Å². The van der Waals surface area contributed by atoms with Crippen LogP contribution in [-0.4, -0.2) is 16.6 Å². The largest absolute Gasteiger partial charge is 0.480 e. The molecule has 0 bridgehead atoms. The topological polar surface area (TPSA) is 49.3 Å². The zero-order valence-corrected chi connectivity index (χ0v) is 9.32. The minimum atomic E-state index is -0.929. The molecular weight excluding hydrogens is 190 g/mol. The molecule has 0 saturated carbocycles. The van der Waals surface area contributed by atoms with E-state index in [1.54, 1.807) is 6.92 Å². The highest BCUT2D eigenvalue weighted by Gasteiger charge is 2.36. The molecular formula is C12H17NO2. The SMILES string of the molecule is CC(C)C(C)(Nc1ccccc1)C(=O)O. The molecule has 3 heteroatoms. The minimum Gasteiger partial charge on any atom is -0.480 e. The molecule has 0 radical (unpaired) electrons. The summed E-state index contributed by atoms with van der Waals surface area (Å²) < 4.78 is 0. The molecule has 1 unspecified atom stereocenters. The highest BCUT2D eigenvalue weighted by atomic mass is 16.4. The summed E-state index contributed by atoms with van der Waals surface area (Å²) in [6, 6.07) is 9.39. The molecule has 1 aromatic rings. The number of carbonyl (C=O) groups is 1. The average Bonchev–Trinajstić information content (AvgIpc) is 2.18. The monoisotopic (exact) mass is 207 g/mol. The predicted molar refractivity (Wildman–Crippen MR) is 60.9 cm³/mol. The quantitative estimate of drug-likeness (QED) is 0.797. The van der Waals surface area contributed by atoms with Gasteiger partial charge in [-0.05, 0) is 25.0 Å². The first kappa shape index (κ1) is 11.6. The second-order valence-electron chi connectivity index (χ2n) is 4.15. The summed E-state index contributed by atoms with van der Waals surface area (Å²) in [5.41, 5.74) is -0.0995. The van der Waals surface area contributed by atoms with Crippen LogP contribution in [0.4, 0.5) is 5.69 Å². The van der Waals surface area contributed by atoms with E-state index in [4.69, 9.17) is 0 Å². The number of nitrogens with one attached hydrogen (secondary N) is 1. The Hall–Kier alpha value is -1.51. The van der Waals surface area contributed by atoms with E-state index in [2.05, 4.69) is 5.32 Å². The van der Waals surface area contributed by atoms with Gasteiger partial charge in [-0.3, -0.25) is 0 Å². The number of rotatable bonds is 4. The molecule has 3 nitrogen and oxygen atoms in total. The molecule has 0 amide bonds. The number of para-hydroxylation sites is 1. The van der Waals surface area contributed by atoms with Crippen molar-refractivity contribution in [2.45, 2.75) is 26.3 Å². The molecule has 0 heterocycles. The smallest absolute Gasteiger partial charge is 0.329 e. The number of hydrogen-bond donors (Lipinski definition) is 2. The third kappa shape index (κ3) is 2.49. The van der Waals surface area contributed by atoms with Crippen LogP contribution < -0.4 is 5.32 Å². The van der Waals surface area contributed by atoms with Crippen molar-refractivity contribution in [3.8, 4) is 0 Å².